The summed E-state index contributed by atoms with van der Waals surface area (Å²) in [4.78, 5) is 10.5. The third kappa shape index (κ3) is 2.66. The van der Waals surface area contributed by atoms with Gasteiger partial charge in [0, 0.05) is 5.56 Å². The maximum absolute atomic E-state index is 13.2. The van der Waals surface area contributed by atoms with Crippen molar-refractivity contribution < 1.29 is 24.1 Å². The molecule has 0 amide bonds. The van der Waals surface area contributed by atoms with E-state index in [1.807, 2.05) is 0 Å². The molecule has 0 fully saturated rings. The molecule has 0 aliphatic carbocycles. The number of hydrogen-bond donors (Lipinski definition) is 2. The van der Waals surface area contributed by atoms with Crippen LogP contribution in [0.5, 0.6) is 5.75 Å². The SMILES string of the molecule is CC(Oc1c(F)cccc1CO)C(=O)O. The van der Waals surface area contributed by atoms with Crippen molar-refractivity contribution in [1.29, 1.82) is 0 Å². The summed E-state index contributed by atoms with van der Waals surface area (Å²) in [5.74, 6) is -2.09. The van der Waals surface area contributed by atoms with Crippen LogP contribution in [0.3, 0.4) is 0 Å². The van der Waals surface area contributed by atoms with Gasteiger partial charge in [-0.1, -0.05) is 12.1 Å². The minimum atomic E-state index is -1.19. The zero-order valence-corrected chi connectivity index (χ0v) is 8.11. The number of rotatable bonds is 4. The van der Waals surface area contributed by atoms with Crippen molar-refractivity contribution in [2.45, 2.75) is 19.6 Å². The Labute approximate surface area is 85.9 Å². The highest BCUT2D eigenvalue weighted by atomic mass is 19.1. The van der Waals surface area contributed by atoms with Crippen LogP contribution in [0, 0.1) is 5.82 Å². The summed E-state index contributed by atoms with van der Waals surface area (Å²) >= 11 is 0. The number of ether oxygens (including phenoxy) is 1. The Kier molecular flexibility index (Phi) is 3.62. The van der Waals surface area contributed by atoms with Gasteiger partial charge in [-0.25, -0.2) is 9.18 Å². The third-order valence-electron chi connectivity index (χ3n) is 1.86. The molecule has 1 aromatic carbocycles. The Morgan fingerprint density at radius 1 is 1.60 bits per heavy atom. The molecule has 4 nitrogen and oxygen atoms in total. The third-order valence-corrected chi connectivity index (χ3v) is 1.86. The van der Waals surface area contributed by atoms with E-state index in [0.717, 1.165) is 6.07 Å². The van der Waals surface area contributed by atoms with Gasteiger partial charge in [0.25, 0.3) is 0 Å². The molecule has 15 heavy (non-hydrogen) atoms. The molecule has 0 saturated heterocycles. The largest absolute Gasteiger partial charge is 0.479 e. The molecule has 5 heteroatoms. The number of aliphatic carboxylic acids is 1. The minimum Gasteiger partial charge on any atom is -0.479 e. The van der Waals surface area contributed by atoms with Gasteiger partial charge in [0.05, 0.1) is 6.61 Å². The predicted octanol–water partition coefficient (Wildman–Crippen LogP) is 1.17. The maximum Gasteiger partial charge on any atom is 0.344 e. The lowest BCUT2D eigenvalue weighted by molar-refractivity contribution is -0.144. The molecule has 1 unspecified atom stereocenters. The van der Waals surface area contributed by atoms with Crippen molar-refractivity contribution in [3.8, 4) is 5.75 Å². The smallest absolute Gasteiger partial charge is 0.344 e. The van der Waals surface area contributed by atoms with Crippen molar-refractivity contribution in [3.05, 3.63) is 29.6 Å². The van der Waals surface area contributed by atoms with Gasteiger partial charge >= 0.3 is 5.97 Å². The number of carboxylic acids is 1. The lowest BCUT2D eigenvalue weighted by atomic mass is 10.2. The number of benzene rings is 1. The normalized spacial score (nSPS) is 12.2. The van der Waals surface area contributed by atoms with Crippen LogP contribution < -0.4 is 4.74 Å². The second-order valence-electron chi connectivity index (χ2n) is 2.98. The zero-order valence-electron chi connectivity index (χ0n) is 8.11. The lowest BCUT2D eigenvalue weighted by Crippen LogP contribution is -2.24. The molecule has 0 radical (unpaired) electrons. The summed E-state index contributed by atoms with van der Waals surface area (Å²) in [6, 6.07) is 4.02. The highest BCUT2D eigenvalue weighted by Gasteiger charge is 2.17. The summed E-state index contributed by atoms with van der Waals surface area (Å²) in [7, 11) is 0. The van der Waals surface area contributed by atoms with Crippen LogP contribution in [0.2, 0.25) is 0 Å². The fourth-order valence-electron chi connectivity index (χ4n) is 1.04. The molecule has 82 valence electrons. The van der Waals surface area contributed by atoms with Gasteiger partial charge in [-0.3, -0.25) is 0 Å². The van der Waals surface area contributed by atoms with Gasteiger partial charge in [0.2, 0.25) is 0 Å². The fraction of sp³-hybridized carbons (Fsp3) is 0.300. The summed E-state index contributed by atoms with van der Waals surface area (Å²) in [6.07, 6.45) is -1.16. The first kappa shape index (κ1) is 11.5. The number of para-hydroxylation sites is 1. The standard InChI is InChI=1S/C10H11FO4/c1-6(10(13)14)15-9-7(5-12)3-2-4-8(9)11/h2-4,6,12H,5H2,1H3,(H,13,14). The molecule has 0 saturated carbocycles. The Hall–Kier alpha value is -1.62. The van der Waals surface area contributed by atoms with Crippen LogP contribution in [0.1, 0.15) is 12.5 Å². The molecule has 0 aliphatic heterocycles. The topological polar surface area (TPSA) is 66.8 Å². The minimum absolute atomic E-state index is 0.213. The number of halogens is 1. The molecular weight excluding hydrogens is 203 g/mol. The van der Waals surface area contributed by atoms with Gasteiger partial charge in [-0.15, -0.1) is 0 Å². The Balaban J connectivity index is 2.97. The Morgan fingerprint density at radius 2 is 2.27 bits per heavy atom. The van der Waals surface area contributed by atoms with Crippen LogP contribution in [0.15, 0.2) is 18.2 Å². The molecular formula is C10H11FO4. The van der Waals surface area contributed by atoms with E-state index in [1.165, 1.54) is 19.1 Å². The van der Waals surface area contributed by atoms with E-state index >= 15 is 0 Å². The van der Waals surface area contributed by atoms with Crippen molar-refractivity contribution in [2.24, 2.45) is 0 Å². The molecule has 0 aromatic heterocycles. The molecule has 1 aromatic rings. The first-order valence-corrected chi connectivity index (χ1v) is 4.34. The highest BCUT2D eigenvalue weighted by Crippen LogP contribution is 2.23. The second kappa shape index (κ2) is 4.75. The molecule has 2 N–H and O–H groups in total. The Bertz CT molecular complexity index is 364. The summed E-state index contributed by atoms with van der Waals surface area (Å²) < 4.78 is 18.1. The molecule has 0 spiro atoms. The van der Waals surface area contributed by atoms with Gasteiger partial charge in [-0.05, 0) is 13.0 Å². The summed E-state index contributed by atoms with van der Waals surface area (Å²) in [6.45, 7) is 0.884. The molecule has 0 heterocycles. The first-order valence-electron chi connectivity index (χ1n) is 4.34. The predicted molar refractivity (Wildman–Crippen MR) is 50.0 cm³/mol. The first-order chi connectivity index (χ1) is 7.06. The summed E-state index contributed by atoms with van der Waals surface area (Å²) in [5.41, 5.74) is 0.225. The number of aliphatic hydroxyl groups excluding tert-OH is 1. The maximum atomic E-state index is 13.2. The van der Waals surface area contributed by atoms with Crippen molar-refractivity contribution in [1.82, 2.24) is 0 Å². The zero-order chi connectivity index (χ0) is 11.4. The van der Waals surface area contributed by atoms with Crippen LogP contribution in [-0.2, 0) is 11.4 Å². The van der Waals surface area contributed by atoms with E-state index < -0.39 is 24.5 Å². The van der Waals surface area contributed by atoms with E-state index in [0.29, 0.717) is 0 Å². The lowest BCUT2D eigenvalue weighted by Gasteiger charge is -2.13. The Morgan fingerprint density at radius 3 is 2.80 bits per heavy atom. The van der Waals surface area contributed by atoms with Crippen LogP contribution in [0.4, 0.5) is 4.39 Å². The van der Waals surface area contributed by atoms with Crippen molar-refractivity contribution in [3.63, 3.8) is 0 Å². The number of aliphatic hydroxyl groups is 1. The van der Waals surface area contributed by atoms with E-state index in [9.17, 15) is 9.18 Å². The monoisotopic (exact) mass is 214 g/mol. The van der Waals surface area contributed by atoms with Gasteiger partial charge < -0.3 is 14.9 Å². The van der Waals surface area contributed by atoms with E-state index in [2.05, 4.69) is 0 Å². The van der Waals surface area contributed by atoms with Crippen LogP contribution >= 0.6 is 0 Å². The average Bonchev–Trinajstić information content (AvgIpc) is 2.20. The summed E-state index contributed by atoms with van der Waals surface area (Å²) in [5, 5.41) is 17.5. The van der Waals surface area contributed by atoms with E-state index in [-0.39, 0.29) is 11.3 Å². The number of carbonyl (C=O) groups is 1. The highest BCUT2D eigenvalue weighted by molar-refractivity contribution is 5.72. The molecule has 0 bridgehead atoms. The van der Waals surface area contributed by atoms with E-state index in [4.69, 9.17) is 14.9 Å². The van der Waals surface area contributed by atoms with E-state index in [1.54, 1.807) is 0 Å². The quantitative estimate of drug-likeness (QED) is 0.789. The van der Waals surface area contributed by atoms with Crippen molar-refractivity contribution >= 4 is 5.97 Å². The molecule has 0 aliphatic rings. The van der Waals surface area contributed by atoms with Crippen molar-refractivity contribution in [2.75, 3.05) is 0 Å². The average molecular weight is 214 g/mol. The number of hydrogen-bond acceptors (Lipinski definition) is 3. The number of carboxylic acid groups (broad SMARTS) is 1. The molecule has 1 rings (SSSR count). The van der Waals surface area contributed by atoms with Crippen LogP contribution in [-0.4, -0.2) is 22.3 Å². The van der Waals surface area contributed by atoms with Crippen LogP contribution in [0.25, 0.3) is 0 Å². The molecule has 1 atom stereocenters. The van der Waals surface area contributed by atoms with Gasteiger partial charge in [-0.2, -0.15) is 0 Å². The fourth-order valence-corrected chi connectivity index (χ4v) is 1.04. The van der Waals surface area contributed by atoms with Gasteiger partial charge in [0.15, 0.2) is 17.7 Å². The second-order valence-corrected chi connectivity index (χ2v) is 2.98. The van der Waals surface area contributed by atoms with Gasteiger partial charge in [0.1, 0.15) is 0 Å².